The van der Waals surface area contributed by atoms with Crippen molar-refractivity contribution in [2.45, 2.75) is 20.3 Å². The van der Waals surface area contributed by atoms with Gasteiger partial charge in [-0.1, -0.05) is 6.92 Å². The van der Waals surface area contributed by atoms with Crippen LogP contribution in [0.15, 0.2) is 12.1 Å². The lowest BCUT2D eigenvalue weighted by molar-refractivity contribution is -0.390. The summed E-state index contributed by atoms with van der Waals surface area (Å²) in [5, 5.41) is 13.9. The third-order valence-corrected chi connectivity index (χ3v) is 2.16. The largest absolute Gasteiger partial charge is 0.486 e. The third kappa shape index (κ3) is 4.36. The topological polar surface area (TPSA) is 77.3 Å². The fourth-order valence-corrected chi connectivity index (χ4v) is 1.33. The molecule has 0 aliphatic rings. The Morgan fingerprint density at radius 1 is 1.53 bits per heavy atom. The van der Waals surface area contributed by atoms with Crippen molar-refractivity contribution in [2.24, 2.45) is 0 Å². The molecule has 0 saturated heterocycles. The monoisotopic (exact) mass is 239 g/mol. The summed E-state index contributed by atoms with van der Waals surface area (Å²) >= 11 is 0. The zero-order chi connectivity index (χ0) is 12.7. The van der Waals surface area contributed by atoms with Gasteiger partial charge in [-0.05, 0) is 41.6 Å². The maximum Gasteiger partial charge on any atom is 0.406 e. The second-order valence-corrected chi connectivity index (χ2v) is 3.59. The van der Waals surface area contributed by atoms with Gasteiger partial charge < -0.3 is 20.2 Å². The smallest absolute Gasteiger partial charge is 0.406 e. The normalized spacial score (nSPS) is 10.2. The molecule has 94 valence electrons. The van der Waals surface area contributed by atoms with E-state index >= 15 is 0 Å². The van der Waals surface area contributed by atoms with E-state index in [1.807, 2.05) is 6.92 Å². The van der Waals surface area contributed by atoms with Gasteiger partial charge in [-0.25, -0.2) is 0 Å². The molecule has 0 unspecified atom stereocenters. The van der Waals surface area contributed by atoms with Gasteiger partial charge in [-0.15, -0.1) is 0 Å². The van der Waals surface area contributed by atoms with E-state index in [0.717, 1.165) is 19.5 Å². The molecule has 0 atom stereocenters. The number of pyridine rings is 1. The summed E-state index contributed by atoms with van der Waals surface area (Å²) in [6.45, 7) is 5.92. The molecule has 0 spiro atoms. The first-order chi connectivity index (χ1) is 8.15. The van der Waals surface area contributed by atoms with E-state index in [-0.39, 0.29) is 11.6 Å². The lowest BCUT2D eigenvalue weighted by Gasteiger charge is -2.06. The molecule has 1 aromatic heterocycles. The molecule has 1 N–H and O–H groups in total. The zero-order valence-electron chi connectivity index (χ0n) is 10.1. The Bertz CT molecular complexity index is 382. The van der Waals surface area contributed by atoms with Crippen LogP contribution in [-0.4, -0.2) is 29.6 Å². The zero-order valence-corrected chi connectivity index (χ0v) is 10.1. The first-order valence-electron chi connectivity index (χ1n) is 5.60. The summed E-state index contributed by atoms with van der Waals surface area (Å²) < 4.78 is 5.36. The molecule has 1 heterocycles. The summed E-state index contributed by atoms with van der Waals surface area (Å²) in [7, 11) is 0. The van der Waals surface area contributed by atoms with Crippen LogP contribution in [-0.2, 0) is 0 Å². The first-order valence-corrected chi connectivity index (χ1v) is 5.60. The van der Waals surface area contributed by atoms with Gasteiger partial charge in [0, 0.05) is 6.92 Å². The number of rotatable bonds is 7. The van der Waals surface area contributed by atoms with Gasteiger partial charge in [0.15, 0.2) is 0 Å². The van der Waals surface area contributed by atoms with Crippen LogP contribution in [0, 0.1) is 17.0 Å². The number of aromatic nitrogens is 1. The van der Waals surface area contributed by atoms with Crippen molar-refractivity contribution in [3.63, 3.8) is 0 Å². The number of nitrogens with zero attached hydrogens (tertiary/aromatic N) is 2. The second-order valence-electron chi connectivity index (χ2n) is 3.59. The van der Waals surface area contributed by atoms with Gasteiger partial charge in [0.25, 0.3) is 0 Å². The molecule has 1 aromatic rings. The van der Waals surface area contributed by atoms with Crippen LogP contribution in [0.3, 0.4) is 0 Å². The van der Waals surface area contributed by atoms with Crippen LogP contribution in [0.4, 0.5) is 5.82 Å². The fourth-order valence-electron chi connectivity index (χ4n) is 1.33. The van der Waals surface area contributed by atoms with Crippen molar-refractivity contribution in [1.29, 1.82) is 0 Å². The van der Waals surface area contributed by atoms with Crippen LogP contribution in [0.2, 0.25) is 0 Å². The Morgan fingerprint density at radius 3 is 2.94 bits per heavy atom. The van der Waals surface area contributed by atoms with Crippen molar-refractivity contribution in [3.8, 4) is 5.75 Å². The maximum absolute atomic E-state index is 10.8. The van der Waals surface area contributed by atoms with E-state index in [1.165, 1.54) is 0 Å². The van der Waals surface area contributed by atoms with Crippen LogP contribution in [0.1, 0.15) is 19.0 Å². The Balaban J connectivity index is 2.55. The minimum absolute atomic E-state index is 0.214. The standard InChI is InChI=1S/C11H17N3O3/c1-3-12-7-4-8-17-10-6-5-9(2)13-11(10)14(15)16/h5-6,12H,3-4,7-8H2,1-2H3. The number of aryl methyl sites for hydroxylation is 1. The molecule has 6 nitrogen and oxygen atoms in total. The van der Waals surface area contributed by atoms with Crippen molar-refractivity contribution in [1.82, 2.24) is 10.3 Å². The highest BCUT2D eigenvalue weighted by molar-refractivity contribution is 5.40. The van der Waals surface area contributed by atoms with Crippen molar-refractivity contribution < 1.29 is 9.66 Å². The Kier molecular flexibility index (Phi) is 5.35. The number of hydrogen-bond acceptors (Lipinski definition) is 5. The first kappa shape index (κ1) is 13.4. The molecule has 0 aliphatic heterocycles. The number of hydrogen-bond donors (Lipinski definition) is 1. The molecule has 0 amide bonds. The molecule has 1 rings (SSSR count). The van der Waals surface area contributed by atoms with E-state index in [4.69, 9.17) is 4.74 Å². The van der Waals surface area contributed by atoms with Crippen LogP contribution < -0.4 is 10.1 Å². The quantitative estimate of drug-likeness (QED) is 0.445. The van der Waals surface area contributed by atoms with E-state index in [2.05, 4.69) is 10.3 Å². The number of nitro groups is 1. The van der Waals surface area contributed by atoms with E-state index in [9.17, 15) is 10.1 Å². The molecular formula is C11H17N3O3. The fraction of sp³-hybridized carbons (Fsp3) is 0.545. The lowest BCUT2D eigenvalue weighted by atomic mass is 10.3. The molecule has 0 aliphatic carbocycles. The molecule has 0 radical (unpaired) electrons. The van der Waals surface area contributed by atoms with Gasteiger partial charge in [-0.3, -0.25) is 0 Å². The van der Waals surface area contributed by atoms with Crippen LogP contribution in [0.5, 0.6) is 5.75 Å². The highest BCUT2D eigenvalue weighted by Gasteiger charge is 2.17. The van der Waals surface area contributed by atoms with Crippen molar-refractivity contribution >= 4 is 5.82 Å². The van der Waals surface area contributed by atoms with Gasteiger partial charge in [-0.2, -0.15) is 0 Å². The van der Waals surface area contributed by atoms with Gasteiger partial charge in [0.05, 0.1) is 6.61 Å². The SMILES string of the molecule is CCNCCCOc1ccc(C)nc1[N+](=O)[O-]. The summed E-state index contributed by atoms with van der Waals surface area (Å²) in [5.74, 6) is 0.0190. The molecular weight excluding hydrogens is 222 g/mol. The van der Waals surface area contributed by atoms with E-state index < -0.39 is 4.92 Å². The highest BCUT2D eigenvalue weighted by atomic mass is 16.6. The van der Waals surface area contributed by atoms with Crippen LogP contribution in [0.25, 0.3) is 0 Å². The maximum atomic E-state index is 10.8. The molecule has 0 fully saturated rings. The van der Waals surface area contributed by atoms with Gasteiger partial charge in [0.1, 0.15) is 5.69 Å². The Morgan fingerprint density at radius 2 is 2.29 bits per heavy atom. The highest BCUT2D eigenvalue weighted by Crippen LogP contribution is 2.24. The average Bonchev–Trinajstić information content (AvgIpc) is 2.30. The van der Waals surface area contributed by atoms with Crippen molar-refractivity contribution in [2.75, 3.05) is 19.7 Å². The Hall–Kier alpha value is -1.69. The predicted octanol–water partition coefficient (Wildman–Crippen LogP) is 1.68. The van der Waals surface area contributed by atoms with E-state index in [1.54, 1.807) is 19.1 Å². The van der Waals surface area contributed by atoms with Crippen LogP contribution >= 0.6 is 0 Å². The second kappa shape index (κ2) is 6.80. The molecule has 6 heteroatoms. The third-order valence-electron chi connectivity index (χ3n) is 2.16. The summed E-state index contributed by atoms with van der Waals surface area (Å²) in [6.07, 6.45) is 0.804. The number of ether oxygens (including phenoxy) is 1. The summed E-state index contributed by atoms with van der Waals surface area (Å²) in [4.78, 5) is 14.1. The number of nitrogens with one attached hydrogen (secondary N) is 1. The van der Waals surface area contributed by atoms with Gasteiger partial charge in [0.2, 0.25) is 5.75 Å². The molecule has 0 saturated carbocycles. The van der Waals surface area contributed by atoms with Crippen molar-refractivity contribution in [3.05, 3.63) is 27.9 Å². The summed E-state index contributed by atoms with van der Waals surface area (Å²) in [5.41, 5.74) is 0.608. The average molecular weight is 239 g/mol. The summed E-state index contributed by atoms with van der Waals surface area (Å²) in [6, 6.07) is 3.29. The Labute approximate surface area is 100 Å². The minimum Gasteiger partial charge on any atom is -0.486 e. The van der Waals surface area contributed by atoms with Gasteiger partial charge >= 0.3 is 5.82 Å². The van der Waals surface area contributed by atoms with E-state index in [0.29, 0.717) is 12.3 Å². The molecule has 0 aromatic carbocycles. The lowest BCUT2D eigenvalue weighted by Crippen LogP contribution is -2.16. The minimum atomic E-state index is -0.521. The molecule has 17 heavy (non-hydrogen) atoms. The predicted molar refractivity (Wildman–Crippen MR) is 64.3 cm³/mol. The molecule has 0 bridgehead atoms.